The fraction of sp³-hybridized carbons (Fsp3) is 0.923. The molecule has 1 spiro atoms. The van der Waals surface area contributed by atoms with E-state index in [9.17, 15) is 4.79 Å². The molecular formula is C13H24N2OS. The van der Waals surface area contributed by atoms with Gasteiger partial charge in [-0.3, -0.25) is 10.1 Å². The lowest BCUT2D eigenvalue weighted by molar-refractivity contribution is -0.132. The van der Waals surface area contributed by atoms with Gasteiger partial charge in [0.25, 0.3) is 0 Å². The number of nitrogens with zero attached hydrogens (tertiary/aromatic N) is 1. The molecule has 3 nitrogen and oxygen atoms in total. The highest BCUT2D eigenvalue weighted by atomic mass is 32.2. The average molecular weight is 256 g/mol. The molecular weight excluding hydrogens is 232 g/mol. The summed E-state index contributed by atoms with van der Waals surface area (Å²) in [6, 6.07) is 0.404. The van der Waals surface area contributed by atoms with E-state index in [2.05, 4.69) is 30.3 Å². The minimum Gasteiger partial charge on any atom is -0.322 e. The SMILES string of the molecule is CCCC1NC2(CC2)C(=O)N1C(CC)CSC. The first-order chi connectivity index (χ1) is 8.18. The van der Waals surface area contributed by atoms with Crippen molar-refractivity contribution in [3.05, 3.63) is 0 Å². The fourth-order valence-electron chi connectivity index (χ4n) is 2.81. The third kappa shape index (κ3) is 2.34. The van der Waals surface area contributed by atoms with Crippen LogP contribution in [0, 0.1) is 0 Å². The minimum absolute atomic E-state index is 0.147. The zero-order chi connectivity index (χ0) is 12.5. The molecule has 2 aliphatic rings. The van der Waals surface area contributed by atoms with Gasteiger partial charge < -0.3 is 4.90 Å². The first-order valence-corrected chi connectivity index (χ1v) is 8.17. The third-order valence-corrected chi connectivity index (χ3v) is 4.68. The molecule has 0 aromatic heterocycles. The summed E-state index contributed by atoms with van der Waals surface area (Å²) in [4.78, 5) is 14.7. The molecule has 2 rings (SSSR count). The highest BCUT2D eigenvalue weighted by Gasteiger charge is 2.59. The van der Waals surface area contributed by atoms with E-state index in [1.807, 2.05) is 11.8 Å². The van der Waals surface area contributed by atoms with Crippen molar-refractivity contribution >= 4 is 17.7 Å². The zero-order valence-corrected chi connectivity index (χ0v) is 12.0. The second-order valence-corrected chi connectivity index (χ2v) is 6.17. The van der Waals surface area contributed by atoms with E-state index in [4.69, 9.17) is 0 Å². The lowest BCUT2D eigenvalue weighted by atomic mass is 10.1. The Morgan fingerprint density at radius 3 is 2.71 bits per heavy atom. The first kappa shape index (κ1) is 13.2. The lowest BCUT2D eigenvalue weighted by Gasteiger charge is -2.31. The van der Waals surface area contributed by atoms with Gasteiger partial charge in [0.2, 0.25) is 5.91 Å². The number of hydrogen-bond acceptors (Lipinski definition) is 3. The van der Waals surface area contributed by atoms with Gasteiger partial charge in [0.05, 0.1) is 11.7 Å². The maximum absolute atomic E-state index is 12.5. The van der Waals surface area contributed by atoms with Crippen LogP contribution < -0.4 is 5.32 Å². The summed E-state index contributed by atoms with van der Waals surface area (Å²) in [7, 11) is 0. The van der Waals surface area contributed by atoms with Crippen molar-refractivity contribution in [2.24, 2.45) is 0 Å². The summed E-state index contributed by atoms with van der Waals surface area (Å²) >= 11 is 1.84. The van der Waals surface area contributed by atoms with Crippen LogP contribution in [0.5, 0.6) is 0 Å². The van der Waals surface area contributed by atoms with Crippen LogP contribution in [0.1, 0.15) is 46.0 Å². The topological polar surface area (TPSA) is 32.3 Å². The molecule has 1 saturated heterocycles. The Labute approximate surface area is 109 Å². The number of amides is 1. The van der Waals surface area contributed by atoms with E-state index < -0.39 is 0 Å². The Hall–Kier alpha value is -0.220. The van der Waals surface area contributed by atoms with E-state index in [1.165, 1.54) is 0 Å². The van der Waals surface area contributed by atoms with E-state index in [0.717, 1.165) is 37.9 Å². The largest absolute Gasteiger partial charge is 0.322 e. The molecule has 1 saturated carbocycles. The number of nitrogens with one attached hydrogen (secondary N) is 1. The van der Waals surface area contributed by atoms with E-state index in [-0.39, 0.29) is 11.7 Å². The van der Waals surface area contributed by atoms with Crippen LogP contribution in [0.15, 0.2) is 0 Å². The van der Waals surface area contributed by atoms with Crippen LogP contribution in [0.2, 0.25) is 0 Å². The van der Waals surface area contributed by atoms with Crippen LogP contribution in [0.25, 0.3) is 0 Å². The van der Waals surface area contributed by atoms with Crippen molar-refractivity contribution in [3.63, 3.8) is 0 Å². The molecule has 2 unspecified atom stereocenters. The summed E-state index contributed by atoms with van der Waals surface area (Å²) in [5.74, 6) is 1.43. The molecule has 1 heterocycles. The number of thioether (sulfide) groups is 1. The Kier molecular flexibility index (Phi) is 4.03. The number of carbonyl (C=O) groups excluding carboxylic acids is 1. The van der Waals surface area contributed by atoms with E-state index >= 15 is 0 Å². The van der Waals surface area contributed by atoms with Gasteiger partial charge in [-0.2, -0.15) is 11.8 Å². The standard InChI is InChI=1S/C13H24N2OS/c1-4-6-11-14-13(7-8-13)12(16)15(11)10(5-2)9-17-3/h10-11,14H,4-9H2,1-3H3. The van der Waals surface area contributed by atoms with Gasteiger partial charge in [0.1, 0.15) is 0 Å². The molecule has 0 aromatic carbocycles. The van der Waals surface area contributed by atoms with Crippen molar-refractivity contribution in [1.82, 2.24) is 10.2 Å². The van der Waals surface area contributed by atoms with Crippen molar-refractivity contribution in [2.45, 2.75) is 63.7 Å². The maximum atomic E-state index is 12.5. The first-order valence-electron chi connectivity index (χ1n) is 6.78. The number of carbonyl (C=O) groups is 1. The minimum atomic E-state index is -0.147. The summed E-state index contributed by atoms with van der Waals surface area (Å²) in [6.07, 6.45) is 7.76. The normalized spacial score (nSPS) is 27.8. The molecule has 98 valence electrons. The lowest BCUT2D eigenvalue weighted by Crippen LogP contribution is -2.45. The van der Waals surface area contributed by atoms with Gasteiger partial charge in [-0.15, -0.1) is 0 Å². The van der Waals surface area contributed by atoms with E-state index in [1.54, 1.807) is 0 Å². The van der Waals surface area contributed by atoms with Gasteiger partial charge in [0.15, 0.2) is 0 Å². The Morgan fingerprint density at radius 1 is 1.53 bits per heavy atom. The highest BCUT2D eigenvalue weighted by molar-refractivity contribution is 7.98. The van der Waals surface area contributed by atoms with Crippen molar-refractivity contribution in [3.8, 4) is 0 Å². The Bertz CT molecular complexity index is 291. The van der Waals surface area contributed by atoms with Crippen LogP contribution >= 0.6 is 11.8 Å². The van der Waals surface area contributed by atoms with Crippen molar-refractivity contribution in [2.75, 3.05) is 12.0 Å². The Morgan fingerprint density at radius 2 is 2.24 bits per heavy atom. The number of hydrogen-bond donors (Lipinski definition) is 1. The third-order valence-electron chi connectivity index (χ3n) is 3.96. The summed E-state index contributed by atoms with van der Waals surface area (Å²) in [6.45, 7) is 4.38. The fourth-order valence-corrected chi connectivity index (χ4v) is 3.60. The molecule has 2 fully saturated rings. The van der Waals surface area contributed by atoms with Crippen LogP contribution in [-0.2, 0) is 4.79 Å². The predicted octanol–water partition coefficient (Wildman–Crippen LogP) is 2.22. The summed E-state index contributed by atoms with van der Waals surface area (Å²) < 4.78 is 0. The number of rotatable bonds is 6. The molecule has 2 atom stereocenters. The predicted molar refractivity (Wildman–Crippen MR) is 73.1 cm³/mol. The van der Waals surface area contributed by atoms with Crippen molar-refractivity contribution < 1.29 is 4.79 Å². The van der Waals surface area contributed by atoms with Crippen molar-refractivity contribution in [1.29, 1.82) is 0 Å². The molecule has 0 bridgehead atoms. The summed E-state index contributed by atoms with van der Waals surface area (Å²) in [5, 5.41) is 3.58. The van der Waals surface area contributed by atoms with Crippen LogP contribution in [0.4, 0.5) is 0 Å². The van der Waals surface area contributed by atoms with Gasteiger partial charge in [-0.1, -0.05) is 20.3 Å². The van der Waals surface area contributed by atoms with Gasteiger partial charge in [-0.05, 0) is 31.9 Å². The molecule has 4 heteroatoms. The van der Waals surface area contributed by atoms with Gasteiger partial charge >= 0.3 is 0 Å². The van der Waals surface area contributed by atoms with Crippen LogP contribution in [-0.4, -0.2) is 40.6 Å². The molecule has 1 aliphatic carbocycles. The Balaban J connectivity index is 2.12. The molecule has 1 aliphatic heterocycles. The van der Waals surface area contributed by atoms with Gasteiger partial charge in [0, 0.05) is 11.8 Å². The molecule has 1 N–H and O–H groups in total. The molecule has 17 heavy (non-hydrogen) atoms. The van der Waals surface area contributed by atoms with Gasteiger partial charge in [-0.25, -0.2) is 0 Å². The quantitative estimate of drug-likeness (QED) is 0.791. The second kappa shape index (κ2) is 5.19. The average Bonchev–Trinajstić information content (AvgIpc) is 3.03. The van der Waals surface area contributed by atoms with E-state index in [0.29, 0.717) is 11.9 Å². The molecule has 0 radical (unpaired) electrons. The summed E-state index contributed by atoms with van der Waals surface area (Å²) in [5.41, 5.74) is -0.147. The van der Waals surface area contributed by atoms with Crippen LogP contribution in [0.3, 0.4) is 0 Å². The molecule has 1 amide bonds. The monoisotopic (exact) mass is 256 g/mol. The zero-order valence-electron chi connectivity index (χ0n) is 11.2. The highest BCUT2D eigenvalue weighted by Crippen LogP contribution is 2.43. The smallest absolute Gasteiger partial charge is 0.244 e. The second-order valence-electron chi connectivity index (χ2n) is 5.26. The molecule has 0 aromatic rings. The maximum Gasteiger partial charge on any atom is 0.244 e.